The quantitative estimate of drug-likeness (QED) is 0.674. The summed E-state index contributed by atoms with van der Waals surface area (Å²) in [6.45, 7) is 9.87. The van der Waals surface area contributed by atoms with Crippen LogP contribution in [0.25, 0.3) is 0 Å². The van der Waals surface area contributed by atoms with Gasteiger partial charge in [-0.2, -0.15) is 0 Å². The fourth-order valence-corrected chi connectivity index (χ4v) is 4.83. The Bertz CT molecular complexity index is 644. The number of hydrogen-bond acceptors (Lipinski definition) is 4. The van der Waals surface area contributed by atoms with Crippen molar-refractivity contribution in [2.75, 3.05) is 31.6 Å². The van der Waals surface area contributed by atoms with Gasteiger partial charge in [0.1, 0.15) is 18.0 Å². The monoisotopic (exact) mass is 402 g/mol. The first-order valence-corrected chi connectivity index (χ1v) is 11.4. The number of nitrogens with one attached hydrogen (secondary N) is 1. The highest BCUT2D eigenvalue weighted by Crippen LogP contribution is 2.36. The molecule has 1 N–H and O–H groups in total. The third-order valence-corrected chi connectivity index (χ3v) is 6.49. The van der Waals surface area contributed by atoms with E-state index in [1.165, 1.54) is 32.2 Å². The van der Waals surface area contributed by atoms with Crippen LogP contribution in [0.2, 0.25) is 0 Å². The van der Waals surface area contributed by atoms with Gasteiger partial charge < -0.3 is 14.8 Å². The Balaban J connectivity index is 1.50. The van der Waals surface area contributed by atoms with Crippen LogP contribution in [0.1, 0.15) is 65.7 Å². The van der Waals surface area contributed by atoms with Crippen molar-refractivity contribution in [3.63, 3.8) is 0 Å². The summed E-state index contributed by atoms with van der Waals surface area (Å²) in [6, 6.07) is 8.37. The first kappa shape index (κ1) is 22.1. The molecule has 0 unspecified atom stereocenters. The van der Waals surface area contributed by atoms with Gasteiger partial charge in [0, 0.05) is 24.9 Å². The van der Waals surface area contributed by atoms with Gasteiger partial charge >= 0.3 is 0 Å². The molecular weight excluding hydrogens is 364 g/mol. The second-order valence-corrected chi connectivity index (χ2v) is 8.84. The SMILES string of the molecule is CCO[C@]1(C(=O)Nc2ccc(OCCN3CCCC[C@@H]3C)cc2)CCC[C@H](C)C1. The fourth-order valence-electron chi connectivity index (χ4n) is 4.83. The number of benzene rings is 1. The smallest absolute Gasteiger partial charge is 0.256 e. The molecule has 3 rings (SSSR count). The normalized spacial score (nSPS) is 28.1. The highest BCUT2D eigenvalue weighted by atomic mass is 16.5. The number of amides is 1. The largest absolute Gasteiger partial charge is 0.492 e. The summed E-state index contributed by atoms with van der Waals surface area (Å²) < 4.78 is 11.9. The maximum atomic E-state index is 13.0. The number of carbonyl (C=O) groups is 1. The predicted octanol–water partition coefficient (Wildman–Crippen LogP) is 4.86. The van der Waals surface area contributed by atoms with E-state index in [2.05, 4.69) is 24.1 Å². The van der Waals surface area contributed by atoms with Gasteiger partial charge in [0.15, 0.2) is 0 Å². The van der Waals surface area contributed by atoms with E-state index in [1.54, 1.807) is 0 Å². The van der Waals surface area contributed by atoms with Gasteiger partial charge in [-0.25, -0.2) is 0 Å². The van der Waals surface area contributed by atoms with Gasteiger partial charge in [-0.3, -0.25) is 9.69 Å². The van der Waals surface area contributed by atoms with Gasteiger partial charge in [0.05, 0.1) is 0 Å². The lowest BCUT2D eigenvalue weighted by atomic mass is 9.78. The molecule has 5 nitrogen and oxygen atoms in total. The van der Waals surface area contributed by atoms with E-state index in [9.17, 15) is 4.79 Å². The van der Waals surface area contributed by atoms with E-state index in [1.807, 2.05) is 31.2 Å². The molecule has 1 aromatic carbocycles. The topological polar surface area (TPSA) is 50.8 Å². The van der Waals surface area contributed by atoms with E-state index >= 15 is 0 Å². The minimum absolute atomic E-state index is 0.0151. The highest BCUT2D eigenvalue weighted by molar-refractivity contribution is 5.97. The zero-order chi connectivity index (χ0) is 20.7. The standard InChI is InChI=1S/C24H38N2O3/c1-4-29-24(14-7-8-19(2)18-24)23(27)25-21-10-12-22(13-11-21)28-17-16-26-15-6-5-9-20(26)3/h10-13,19-20H,4-9,14-18H2,1-3H3,(H,25,27)/t19-,20-,24+/m0/s1. The summed E-state index contributed by atoms with van der Waals surface area (Å²) in [6.07, 6.45) is 7.73. The summed E-state index contributed by atoms with van der Waals surface area (Å²) >= 11 is 0. The molecular formula is C24H38N2O3. The summed E-state index contributed by atoms with van der Waals surface area (Å²) in [5, 5.41) is 3.07. The molecule has 2 fully saturated rings. The number of likely N-dealkylation sites (tertiary alicyclic amines) is 1. The van der Waals surface area contributed by atoms with E-state index in [0.717, 1.165) is 37.2 Å². The zero-order valence-electron chi connectivity index (χ0n) is 18.4. The molecule has 1 aliphatic heterocycles. The van der Waals surface area contributed by atoms with E-state index in [-0.39, 0.29) is 5.91 Å². The fraction of sp³-hybridized carbons (Fsp3) is 0.708. The molecule has 5 heteroatoms. The minimum atomic E-state index is -0.688. The number of hydrogen-bond donors (Lipinski definition) is 1. The number of rotatable bonds is 8. The molecule has 1 heterocycles. The first-order valence-electron chi connectivity index (χ1n) is 11.4. The van der Waals surface area contributed by atoms with E-state index < -0.39 is 5.60 Å². The van der Waals surface area contributed by atoms with Crippen LogP contribution in [0, 0.1) is 5.92 Å². The lowest BCUT2D eigenvalue weighted by Gasteiger charge is -2.38. The zero-order valence-corrected chi connectivity index (χ0v) is 18.4. The third-order valence-electron chi connectivity index (χ3n) is 6.49. The molecule has 0 aromatic heterocycles. The number of anilines is 1. The van der Waals surface area contributed by atoms with Crippen LogP contribution in [-0.2, 0) is 9.53 Å². The van der Waals surface area contributed by atoms with Crippen LogP contribution in [0.4, 0.5) is 5.69 Å². The molecule has 1 saturated carbocycles. The number of carbonyl (C=O) groups excluding carboxylic acids is 1. The van der Waals surface area contributed by atoms with Crippen molar-refractivity contribution >= 4 is 11.6 Å². The average Bonchev–Trinajstić information content (AvgIpc) is 2.71. The van der Waals surface area contributed by atoms with E-state index in [4.69, 9.17) is 9.47 Å². The molecule has 0 spiro atoms. The Morgan fingerprint density at radius 3 is 2.66 bits per heavy atom. The highest BCUT2D eigenvalue weighted by Gasteiger charge is 2.42. The Labute approximate surface area is 176 Å². The molecule has 1 saturated heterocycles. The minimum Gasteiger partial charge on any atom is -0.492 e. The van der Waals surface area contributed by atoms with Crippen LogP contribution in [0.15, 0.2) is 24.3 Å². The molecule has 29 heavy (non-hydrogen) atoms. The Hall–Kier alpha value is -1.59. The second kappa shape index (κ2) is 10.4. The molecule has 0 bridgehead atoms. The third kappa shape index (κ3) is 5.95. The molecule has 0 radical (unpaired) electrons. The second-order valence-electron chi connectivity index (χ2n) is 8.84. The maximum absolute atomic E-state index is 13.0. The van der Waals surface area contributed by atoms with Crippen molar-refractivity contribution in [1.29, 1.82) is 0 Å². The number of piperidine rings is 1. The number of nitrogens with zero attached hydrogens (tertiary/aromatic N) is 1. The van der Waals surface area contributed by atoms with Crippen LogP contribution < -0.4 is 10.1 Å². The van der Waals surface area contributed by atoms with Crippen molar-refractivity contribution in [2.45, 2.75) is 77.4 Å². The van der Waals surface area contributed by atoms with Gasteiger partial charge in [0.25, 0.3) is 5.91 Å². The Morgan fingerprint density at radius 1 is 1.17 bits per heavy atom. The summed E-state index contributed by atoms with van der Waals surface area (Å²) in [4.78, 5) is 15.5. The molecule has 162 valence electrons. The van der Waals surface area contributed by atoms with E-state index in [0.29, 0.717) is 25.2 Å². The predicted molar refractivity (Wildman–Crippen MR) is 117 cm³/mol. The van der Waals surface area contributed by atoms with Crippen molar-refractivity contribution in [1.82, 2.24) is 4.90 Å². The summed E-state index contributed by atoms with van der Waals surface area (Å²) in [5.41, 5.74) is 0.108. The Morgan fingerprint density at radius 2 is 1.97 bits per heavy atom. The van der Waals surface area contributed by atoms with Crippen LogP contribution in [-0.4, -0.2) is 48.8 Å². The van der Waals surface area contributed by atoms with Crippen molar-refractivity contribution in [2.24, 2.45) is 5.92 Å². The summed E-state index contributed by atoms with van der Waals surface area (Å²) in [7, 11) is 0. The molecule has 1 aromatic rings. The molecule has 1 aliphatic carbocycles. The van der Waals surface area contributed by atoms with Gasteiger partial charge in [-0.15, -0.1) is 0 Å². The Kier molecular flexibility index (Phi) is 7.96. The average molecular weight is 403 g/mol. The van der Waals surface area contributed by atoms with Crippen LogP contribution >= 0.6 is 0 Å². The van der Waals surface area contributed by atoms with Crippen LogP contribution in [0.3, 0.4) is 0 Å². The summed E-state index contributed by atoms with van der Waals surface area (Å²) in [5.74, 6) is 1.34. The molecule has 2 aliphatic rings. The maximum Gasteiger partial charge on any atom is 0.256 e. The van der Waals surface area contributed by atoms with Crippen LogP contribution in [0.5, 0.6) is 5.75 Å². The van der Waals surface area contributed by atoms with Gasteiger partial charge in [-0.1, -0.05) is 19.8 Å². The lowest BCUT2D eigenvalue weighted by Crippen LogP contribution is -2.48. The van der Waals surface area contributed by atoms with Crippen molar-refractivity contribution in [3.8, 4) is 5.75 Å². The van der Waals surface area contributed by atoms with Crippen molar-refractivity contribution < 1.29 is 14.3 Å². The first-order chi connectivity index (χ1) is 14.0. The number of ether oxygens (including phenoxy) is 2. The molecule has 1 amide bonds. The van der Waals surface area contributed by atoms with Gasteiger partial charge in [0.2, 0.25) is 0 Å². The molecule has 3 atom stereocenters. The lowest BCUT2D eigenvalue weighted by molar-refractivity contribution is -0.147. The van der Waals surface area contributed by atoms with Gasteiger partial charge in [-0.05, 0) is 82.7 Å². The van der Waals surface area contributed by atoms with Crippen molar-refractivity contribution in [3.05, 3.63) is 24.3 Å².